The van der Waals surface area contributed by atoms with E-state index in [4.69, 9.17) is 10.9 Å². The van der Waals surface area contributed by atoms with Crippen LogP contribution in [0.4, 0.5) is 0 Å². The van der Waals surface area contributed by atoms with Crippen LogP contribution in [0.15, 0.2) is 5.16 Å². The van der Waals surface area contributed by atoms with E-state index in [-0.39, 0.29) is 11.7 Å². The first-order valence-corrected chi connectivity index (χ1v) is 6.85. The molecule has 2 rings (SSSR count). The predicted molar refractivity (Wildman–Crippen MR) is 69.3 cm³/mol. The number of amidine groups is 1. The Bertz CT molecular complexity index is 355. The molecule has 0 saturated heterocycles. The Kier molecular flexibility index (Phi) is 3.50. The average molecular weight is 253 g/mol. The van der Waals surface area contributed by atoms with Crippen molar-refractivity contribution in [1.29, 1.82) is 0 Å². The van der Waals surface area contributed by atoms with Gasteiger partial charge in [0.1, 0.15) is 5.41 Å². The molecule has 0 unspecified atom stereocenters. The highest BCUT2D eigenvalue weighted by Crippen LogP contribution is 2.48. The molecule has 2 saturated carbocycles. The Morgan fingerprint density at radius 2 is 1.94 bits per heavy atom. The van der Waals surface area contributed by atoms with Crippen LogP contribution in [-0.4, -0.2) is 23.5 Å². The van der Waals surface area contributed by atoms with E-state index in [9.17, 15) is 4.79 Å². The zero-order chi connectivity index (χ0) is 13.2. The average Bonchev–Trinajstić information content (AvgIpc) is 3.01. The fourth-order valence-electron chi connectivity index (χ4n) is 2.94. The van der Waals surface area contributed by atoms with Gasteiger partial charge in [-0.05, 0) is 37.5 Å². The minimum atomic E-state index is -0.765. The normalized spacial score (nSPS) is 24.8. The second-order valence-electron chi connectivity index (χ2n) is 5.81. The van der Waals surface area contributed by atoms with E-state index < -0.39 is 5.41 Å². The van der Waals surface area contributed by atoms with Gasteiger partial charge in [-0.15, -0.1) is 0 Å². The van der Waals surface area contributed by atoms with Crippen LogP contribution in [-0.2, 0) is 4.79 Å². The van der Waals surface area contributed by atoms with Crippen molar-refractivity contribution in [3.63, 3.8) is 0 Å². The van der Waals surface area contributed by atoms with Gasteiger partial charge in [-0.25, -0.2) is 0 Å². The van der Waals surface area contributed by atoms with Crippen LogP contribution < -0.4 is 11.1 Å². The predicted octanol–water partition coefficient (Wildman–Crippen LogP) is 1.60. The first-order chi connectivity index (χ1) is 8.58. The van der Waals surface area contributed by atoms with Crippen molar-refractivity contribution in [3.8, 4) is 0 Å². The van der Waals surface area contributed by atoms with Crippen LogP contribution in [0.5, 0.6) is 0 Å². The van der Waals surface area contributed by atoms with E-state index in [1.807, 2.05) is 0 Å². The fourth-order valence-corrected chi connectivity index (χ4v) is 2.94. The van der Waals surface area contributed by atoms with Crippen molar-refractivity contribution in [2.75, 3.05) is 6.54 Å². The number of oxime groups is 1. The van der Waals surface area contributed by atoms with Crippen molar-refractivity contribution in [1.82, 2.24) is 5.32 Å². The van der Waals surface area contributed by atoms with Gasteiger partial charge in [0.05, 0.1) is 0 Å². The smallest absolute Gasteiger partial charge is 0.233 e. The SMILES string of the molecule is CCC1(CNC(=O)C2(C(N)=NO)CCCC2)CC1. The number of nitrogens with zero attached hydrogens (tertiary/aromatic N) is 1. The van der Waals surface area contributed by atoms with E-state index in [2.05, 4.69) is 17.4 Å². The molecule has 0 aromatic heterocycles. The summed E-state index contributed by atoms with van der Waals surface area (Å²) in [7, 11) is 0. The molecule has 102 valence electrons. The first kappa shape index (κ1) is 13.2. The summed E-state index contributed by atoms with van der Waals surface area (Å²) in [6, 6.07) is 0. The summed E-state index contributed by atoms with van der Waals surface area (Å²) < 4.78 is 0. The highest BCUT2D eigenvalue weighted by atomic mass is 16.4. The zero-order valence-corrected chi connectivity index (χ0v) is 11.0. The lowest BCUT2D eigenvalue weighted by Crippen LogP contribution is -2.49. The minimum absolute atomic E-state index is 0.0602. The molecule has 4 N–H and O–H groups in total. The third-order valence-corrected chi connectivity index (χ3v) is 4.82. The van der Waals surface area contributed by atoms with Gasteiger partial charge in [-0.3, -0.25) is 4.79 Å². The Morgan fingerprint density at radius 3 is 2.39 bits per heavy atom. The molecule has 0 heterocycles. The number of amides is 1. The maximum absolute atomic E-state index is 12.4. The van der Waals surface area contributed by atoms with E-state index >= 15 is 0 Å². The summed E-state index contributed by atoms with van der Waals surface area (Å²) in [5, 5.41) is 15.0. The number of carbonyl (C=O) groups excluding carboxylic acids is 1. The van der Waals surface area contributed by atoms with Gasteiger partial charge in [0.2, 0.25) is 5.91 Å². The molecule has 2 aliphatic rings. The highest BCUT2D eigenvalue weighted by Gasteiger charge is 2.47. The maximum Gasteiger partial charge on any atom is 0.233 e. The molecule has 5 nitrogen and oxygen atoms in total. The highest BCUT2D eigenvalue weighted by molar-refractivity contribution is 6.07. The summed E-state index contributed by atoms with van der Waals surface area (Å²) in [6.07, 6.45) is 6.79. The molecule has 0 aliphatic heterocycles. The third kappa shape index (κ3) is 2.18. The van der Waals surface area contributed by atoms with Crippen LogP contribution >= 0.6 is 0 Å². The summed E-state index contributed by atoms with van der Waals surface area (Å²) >= 11 is 0. The largest absolute Gasteiger partial charge is 0.409 e. The summed E-state index contributed by atoms with van der Waals surface area (Å²) in [4.78, 5) is 12.4. The minimum Gasteiger partial charge on any atom is -0.409 e. The second-order valence-corrected chi connectivity index (χ2v) is 5.81. The van der Waals surface area contributed by atoms with Crippen LogP contribution in [0.25, 0.3) is 0 Å². The van der Waals surface area contributed by atoms with E-state index in [1.54, 1.807) is 0 Å². The number of carbonyl (C=O) groups is 1. The van der Waals surface area contributed by atoms with Crippen LogP contribution in [0.2, 0.25) is 0 Å². The standard InChI is InChI=1S/C13H23N3O2/c1-2-12(7-8-12)9-15-11(17)13(10(14)16-18)5-3-4-6-13/h18H,2-9H2,1H3,(H2,14,16)(H,15,17). The van der Waals surface area contributed by atoms with Gasteiger partial charge in [0.15, 0.2) is 5.84 Å². The van der Waals surface area contributed by atoms with Gasteiger partial charge in [-0.1, -0.05) is 24.9 Å². The molecule has 0 bridgehead atoms. The van der Waals surface area contributed by atoms with Crippen molar-refractivity contribution in [2.45, 2.75) is 51.9 Å². The number of nitrogens with one attached hydrogen (secondary N) is 1. The second kappa shape index (κ2) is 4.78. The molecular formula is C13H23N3O2. The molecule has 0 aromatic rings. The quantitative estimate of drug-likeness (QED) is 0.301. The molecule has 0 aromatic carbocycles. The van der Waals surface area contributed by atoms with Crippen LogP contribution in [0.1, 0.15) is 51.9 Å². The van der Waals surface area contributed by atoms with Gasteiger partial charge in [0, 0.05) is 6.54 Å². The molecular weight excluding hydrogens is 230 g/mol. The lowest BCUT2D eigenvalue weighted by molar-refractivity contribution is -0.127. The lowest BCUT2D eigenvalue weighted by Gasteiger charge is -2.27. The molecule has 0 spiro atoms. The number of rotatable bonds is 5. The third-order valence-electron chi connectivity index (χ3n) is 4.82. The van der Waals surface area contributed by atoms with E-state index in [0.717, 1.165) is 25.8 Å². The molecule has 2 aliphatic carbocycles. The van der Waals surface area contributed by atoms with Gasteiger partial charge >= 0.3 is 0 Å². The Morgan fingerprint density at radius 1 is 1.33 bits per heavy atom. The molecule has 0 atom stereocenters. The van der Waals surface area contributed by atoms with Crippen molar-refractivity contribution in [2.24, 2.45) is 21.7 Å². The Balaban J connectivity index is 2.01. The summed E-state index contributed by atoms with van der Waals surface area (Å²) in [5.74, 6) is 0.00821. The molecule has 0 radical (unpaired) electrons. The maximum atomic E-state index is 12.4. The van der Waals surface area contributed by atoms with Crippen molar-refractivity contribution in [3.05, 3.63) is 0 Å². The van der Waals surface area contributed by atoms with Crippen molar-refractivity contribution < 1.29 is 10.0 Å². The molecule has 1 amide bonds. The lowest BCUT2D eigenvalue weighted by atomic mass is 9.83. The van der Waals surface area contributed by atoms with Crippen LogP contribution in [0.3, 0.4) is 0 Å². The number of hydrogen-bond acceptors (Lipinski definition) is 3. The summed E-state index contributed by atoms with van der Waals surface area (Å²) in [6.45, 7) is 2.89. The van der Waals surface area contributed by atoms with E-state index in [1.165, 1.54) is 12.8 Å². The zero-order valence-electron chi connectivity index (χ0n) is 11.0. The number of nitrogens with two attached hydrogens (primary N) is 1. The van der Waals surface area contributed by atoms with Gasteiger partial charge in [-0.2, -0.15) is 0 Å². The van der Waals surface area contributed by atoms with Gasteiger partial charge in [0.25, 0.3) is 0 Å². The number of hydrogen-bond donors (Lipinski definition) is 3. The topological polar surface area (TPSA) is 87.7 Å². The van der Waals surface area contributed by atoms with Gasteiger partial charge < -0.3 is 16.3 Å². The Labute approximate surface area is 108 Å². The van der Waals surface area contributed by atoms with Crippen LogP contribution in [0, 0.1) is 10.8 Å². The first-order valence-electron chi connectivity index (χ1n) is 6.85. The van der Waals surface area contributed by atoms with E-state index in [0.29, 0.717) is 18.3 Å². The molecule has 5 heteroatoms. The molecule has 2 fully saturated rings. The summed E-state index contributed by atoms with van der Waals surface area (Å²) in [5.41, 5.74) is 5.30. The fraction of sp³-hybridized carbons (Fsp3) is 0.846. The monoisotopic (exact) mass is 253 g/mol. The molecule has 18 heavy (non-hydrogen) atoms. The Hall–Kier alpha value is -1.26. The van der Waals surface area contributed by atoms with Crippen molar-refractivity contribution >= 4 is 11.7 Å².